The summed E-state index contributed by atoms with van der Waals surface area (Å²) in [6.45, 7) is 1.89. The molecule has 3 atom stereocenters. The van der Waals surface area contributed by atoms with Crippen LogP contribution in [-0.2, 0) is 0 Å². The third-order valence-corrected chi connectivity index (χ3v) is 4.94. The van der Waals surface area contributed by atoms with Gasteiger partial charge >= 0.3 is 0 Å². The number of hydrogen-bond donors (Lipinski definition) is 4. The molecule has 2 aromatic carbocycles. The fraction of sp³-hybridized carbons (Fsp3) is 0.292. The first-order chi connectivity index (χ1) is 15.0. The van der Waals surface area contributed by atoms with Gasteiger partial charge in [-0.25, -0.2) is 4.98 Å². The molecule has 164 valence electrons. The molecule has 1 heterocycles. The molecule has 31 heavy (non-hydrogen) atoms. The molecule has 0 aliphatic rings. The summed E-state index contributed by atoms with van der Waals surface area (Å²) in [6, 6.07) is 15.4. The zero-order valence-corrected chi connectivity index (χ0v) is 17.5. The Balaban J connectivity index is 1.66. The third kappa shape index (κ3) is 6.02. The van der Waals surface area contributed by atoms with Crippen molar-refractivity contribution in [3.63, 3.8) is 0 Å². The van der Waals surface area contributed by atoms with E-state index in [0.29, 0.717) is 11.6 Å². The van der Waals surface area contributed by atoms with Gasteiger partial charge < -0.3 is 30.4 Å². The minimum atomic E-state index is -0.709. The Kier molecular flexibility index (Phi) is 7.97. The highest BCUT2D eigenvalue weighted by atomic mass is 16.5. The molecule has 1 unspecified atom stereocenters. The average Bonchev–Trinajstić information content (AvgIpc) is 3.29. The van der Waals surface area contributed by atoms with Gasteiger partial charge in [-0.3, -0.25) is 0 Å². The molecule has 0 radical (unpaired) electrons. The molecule has 7 heteroatoms. The maximum atomic E-state index is 9.83. The molecule has 3 aromatic rings. The lowest BCUT2D eigenvalue weighted by Crippen LogP contribution is -2.26. The van der Waals surface area contributed by atoms with Crippen LogP contribution in [0.5, 0.6) is 5.75 Å². The van der Waals surface area contributed by atoms with Crippen LogP contribution in [0.1, 0.15) is 30.5 Å². The summed E-state index contributed by atoms with van der Waals surface area (Å²) < 4.78 is 7.28. The predicted molar refractivity (Wildman–Crippen MR) is 120 cm³/mol. The van der Waals surface area contributed by atoms with E-state index in [2.05, 4.69) is 4.98 Å². The van der Waals surface area contributed by atoms with E-state index < -0.39 is 12.2 Å². The summed E-state index contributed by atoms with van der Waals surface area (Å²) in [5, 5.41) is 29.1. The molecule has 0 saturated heterocycles. The number of aliphatic hydroxyl groups excluding tert-OH is 3. The van der Waals surface area contributed by atoms with Gasteiger partial charge in [0.2, 0.25) is 0 Å². The van der Waals surface area contributed by atoms with Gasteiger partial charge in [-0.1, -0.05) is 48.6 Å². The van der Waals surface area contributed by atoms with Crippen LogP contribution in [0.2, 0.25) is 0 Å². The van der Waals surface area contributed by atoms with Crippen molar-refractivity contribution in [2.45, 2.75) is 25.2 Å². The smallest absolute Gasteiger partial charge is 0.137 e. The lowest BCUT2D eigenvalue weighted by atomic mass is 10.0. The van der Waals surface area contributed by atoms with E-state index in [1.165, 1.54) is 0 Å². The number of imidazole rings is 1. The molecule has 1 aromatic heterocycles. The molecule has 5 N–H and O–H groups in total. The first kappa shape index (κ1) is 22.7. The molecular formula is C24H29N3O4. The molecule has 0 aliphatic heterocycles. The van der Waals surface area contributed by atoms with Gasteiger partial charge in [0.15, 0.2) is 0 Å². The van der Waals surface area contributed by atoms with E-state index in [-0.39, 0.29) is 25.8 Å². The maximum absolute atomic E-state index is 9.83. The normalized spacial score (nSPS) is 14.5. The van der Waals surface area contributed by atoms with Gasteiger partial charge in [-0.05, 0) is 35.7 Å². The van der Waals surface area contributed by atoms with Crippen molar-refractivity contribution in [1.29, 1.82) is 0 Å². The zero-order chi connectivity index (χ0) is 22.2. The molecule has 0 fully saturated rings. The van der Waals surface area contributed by atoms with Gasteiger partial charge in [-0.2, -0.15) is 0 Å². The van der Waals surface area contributed by atoms with Crippen molar-refractivity contribution in [2.24, 2.45) is 5.73 Å². The fourth-order valence-electron chi connectivity index (χ4n) is 3.18. The van der Waals surface area contributed by atoms with Gasteiger partial charge in [0.1, 0.15) is 30.4 Å². The first-order valence-electron chi connectivity index (χ1n) is 10.2. The van der Waals surface area contributed by atoms with Crippen LogP contribution in [0, 0.1) is 0 Å². The summed E-state index contributed by atoms with van der Waals surface area (Å²) >= 11 is 0. The number of nitrogens with two attached hydrogens (primary N) is 1. The van der Waals surface area contributed by atoms with Gasteiger partial charge in [0, 0.05) is 18.9 Å². The van der Waals surface area contributed by atoms with Gasteiger partial charge in [0.05, 0.1) is 12.6 Å². The van der Waals surface area contributed by atoms with Gasteiger partial charge in [-0.15, -0.1) is 0 Å². The number of hydrogen-bond acceptors (Lipinski definition) is 6. The van der Waals surface area contributed by atoms with Crippen molar-refractivity contribution >= 4 is 6.08 Å². The number of ether oxygens (including phenoxy) is 1. The minimum Gasteiger partial charge on any atom is -0.491 e. The quantitative estimate of drug-likeness (QED) is 0.399. The Morgan fingerprint density at radius 2 is 1.71 bits per heavy atom. The van der Waals surface area contributed by atoms with Crippen LogP contribution < -0.4 is 10.5 Å². The highest BCUT2D eigenvalue weighted by molar-refractivity contribution is 5.66. The maximum Gasteiger partial charge on any atom is 0.137 e. The fourth-order valence-corrected chi connectivity index (χ4v) is 3.18. The third-order valence-electron chi connectivity index (χ3n) is 4.94. The molecule has 0 amide bonds. The van der Waals surface area contributed by atoms with Gasteiger partial charge in [0.25, 0.3) is 0 Å². The number of aliphatic hydroxyl groups is 3. The van der Waals surface area contributed by atoms with Crippen LogP contribution in [0.25, 0.3) is 17.2 Å². The van der Waals surface area contributed by atoms with Crippen LogP contribution in [0.15, 0.2) is 67.0 Å². The largest absolute Gasteiger partial charge is 0.491 e. The summed E-state index contributed by atoms with van der Waals surface area (Å²) in [4.78, 5) is 4.16. The number of aromatic nitrogens is 2. The first-order valence-corrected chi connectivity index (χ1v) is 10.2. The predicted octanol–water partition coefficient (Wildman–Crippen LogP) is 2.55. The van der Waals surface area contributed by atoms with Crippen molar-refractivity contribution in [2.75, 3.05) is 19.8 Å². The van der Waals surface area contributed by atoms with E-state index in [1.54, 1.807) is 23.9 Å². The Bertz CT molecular complexity index is 965. The number of rotatable bonds is 10. The van der Waals surface area contributed by atoms with E-state index in [9.17, 15) is 15.3 Å². The van der Waals surface area contributed by atoms with E-state index in [0.717, 1.165) is 16.7 Å². The summed E-state index contributed by atoms with van der Waals surface area (Å²) in [6.07, 6.45) is 5.82. The summed E-state index contributed by atoms with van der Waals surface area (Å²) in [7, 11) is 0. The second kappa shape index (κ2) is 10.9. The Labute approximate surface area is 182 Å². The Morgan fingerprint density at radius 3 is 2.29 bits per heavy atom. The van der Waals surface area contributed by atoms with E-state index >= 15 is 0 Å². The SMILES string of the molecule is C[C@H](O)c1nccn1[C@@H](/C=C/c1ccc(-c2ccc(OCC(O)CN)cc2)cc1)CO. The summed E-state index contributed by atoms with van der Waals surface area (Å²) in [5.41, 5.74) is 8.49. The second-order valence-electron chi connectivity index (χ2n) is 7.32. The highest BCUT2D eigenvalue weighted by Gasteiger charge is 2.14. The summed E-state index contributed by atoms with van der Waals surface area (Å²) in [5.74, 6) is 1.20. The Hall–Kier alpha value is -2.97. The second-order valence-corrected chi connectivity index (χ2v) is 7.32. The topological polar surface area (TPSA) is 114 Å². The monoisotopic (exact) mass is 423 g/mol. The average molecular weight is 424 g/mol. The molecule has 0 spiro atoms. The molecule has 0 saturated carbocycles. The number of benzene rings is 2. The molecule has 0 aliphatic carbocycles. The van der Waals surface area contributed by atoms with Crippen molar-refractivity contribution in [3.05, 3.63) is 78.4 Å². The van der Waals surface area contributed by atoms with Crippen molar-refractivity contribution < 1.29 is 20.1 Å². The molecule has 0 bridgehead atoms. The molecule has 3 rings (SSSR count). The molecular weight excluding hydrogens is 394 g/mol. The van der Waals surface area contributed by atoms with Crippen LogP contribution in [0.4, 0.5) is 0 Å². The number of nitrogens with zero attached hydrogens (tertiary/aromatic N) is 2. The van der Waals surface area contributed by atoms with Crippen LogP contribution in [0.3, 0.4) is 0 Å². The van der Waals surface area contributed by atoms with Crippen LogP contribution in [-0.4, -0.2) is 50.7 Å². The Morgan fingerprint density at radius 1 is 1.06 bits per heavy atom. The minimum absolute atomic E-state index is 0.0958. The van der Waals surface area contributed by atoms with E-state index in [4.69, 9.17) is 10.5 Å². The van der Waals surface area contributed by atoms with E-state index in [1.807, 2.05) is 60.7 Å². The van der Waals surface area contributed by atoms with Crippen molar-refractivity contribution in [1.82, 2.24) is 9.55 Å². The van der Waals surface area contributed by atoms with Crippen LogP contribution >= 0.6 is 0 Å². The highest BCUT2D eigenvalue weighted by Crippen LogP contribution is 2.24. The molecule has 7 nitrogen and oxygen atoms in total. The lowest BCUT2D eigenvalue weighted by Gasteiger charge is -2.16. The zero-order valence-electron chi connectivity index (χ0n) is 17.5. The lowest BCUT2D eigenvalue weighted by molar-refractivity contribution is 0.114. The standard InChI is InChI=1S/C24H29N3O4/c1-17(29)24-26-12-13-27(24)21(15-28)9-4-18-2-5-19(6-3-18)20-7-10-23(11-8-20)31-16-22(30)14-25/h2-13,17,21-22,28-30H,14-16,25H2,1H3/b9-4+/t17-,21-,22?/m0/s1. The van der Waals surface area contributed by atoms with Crippen molar-refractivity contribution in [3.8, 4) is 16.9 Å².